The molecular formula is C7H19N. The van der Waals surface area contributed by atoms with Gasteiger partial charge in [-0.25, -0.2) is 0 Å². The Morgan fingerprint density at radius 1 is 1.38 bits per heavy atom. The summed E-state index contributed by atoms with van der Waals surface area (Å²) in [5.74, 6) is 0. The molecule has 0 saturated heterocycles. The second-order valence-corrected chi connectivity index (χ2v) is 1.12. The molecule has 0 bridgehead atoms. The highest BCUT2D eigenvalue weighted by Gasteiger charge is 1.35. The van der Waals surface area contributed by atoms with E-state index >= 15 is 0 Å². The smallest absolute Gasteiger partial charge is 0.0195 e. The van der Waals surface area contributed by atoms with Gasteiger partial charge in [-0.2, -0.15) is 0 Å². The maximum atomic E-state index is 4.50. The normalized spacial score (nSPS) is 4.62. The fourth-order valence-corrected chi connectivity index (χ4v) is 0. The zero-order valence-electron chi connectivity index (χ0n) is 6.57. The van der Waals surface area contributed by atoms with E-state index < -0.39 is 0 Å². The molecule has 0 aliphatic heterocycles. The van der Waals surface area contributed by atoms with Gasteiger partial charge >= 0.3 is 0 Å². The average Bonchev–Trinajstić information content (AvgIpc) is 1.75. The highest BCUT2D eigenvalue weighted by molar-refractivity contribution is 4.51. The van der Waals surface area contributed by atoms with Crippen LogP contribution in [0.5, 0.6) is 0 Å². The van der Waals surface area contributed by atoms with Gasteiger partial charge in [-0.05, 0) is 14.0 Å². The first-order valence-electron chi connectivity index (χ1n) is 2.98. The third kappa shape index (κ3) is 1400. The maximum absolute atomic E-state index is 4.50. The van der Waals surface area contributed by atoms with Gasteiger partial charge in [-0.3, -0.25) is 0 Å². The fraction of sp³-hybridized carbons (Fsp3) is 0.714. The van der Waals surface area contributed by atoms with E-state index in [1.54, 1.807) is 6.08 Å². The van der Waals surface area contributed by atoms with Crippen LogP contribution >= 0.6 is 0 Å². The van der Waals surface area contributed by atoms with Crippen LogP contribution in [0.2, 0.25) is 0 Å². The van der Waals surface area contributed by atoms with Crippen LogP contribution in [0.25, 0.3) is 0 Å². The van der Waals surface area contributed by atoms with Crippen LogP contribution in [0.15, 0.2) is 12.7 Å². The highest BCUT2D eigenvalue weighted by Crippen LogP contribution is 1.56. The molecule has 0 unspecified atom stereocenters. The van der Waals surface area contributed by atoms with E-state index in [9.17, 15) is 0 Å². The first kappa shape index (κ1) is 15.6. The summed E-state index contributed by atoms with van der Waals surface area (Å²) in [6.45, 7) is 9.50. The summed E-state index contributed by atoms with van der Waals surface area (Å²) in [6, 6.07) is 0. The van der Waals surface area contributed by atoms with E-state index in [1.165, 1.54) is 13.5 Å². The van der Waals surface area contributed by atoms with Crippen LogP contribution in [0.4, 0.5) is 0 Å². The molecule has 0 aromatic carbocycles. The summed E-state index contributed by atoms with van der Waals surface area (Å²) in [5, 5.41) is 0. The molecule has 0 heterocycles. The first-order valence-corrected chi connectivity index (χ1v) is 2.98. The molecule has 0 spiro atoms. The van der Waals surface area contributed by atoms with Gasteiger partial charge in [0.05, 0.1) is 0 Å². The van der Waals surface area contributed by atoms with Crippen LogP contribution in [-0.4, -0.2) is 7.05 Å². The Labute approximate surface area is 53.6 Å². The van der Waals surface area contributed by atoms with Gasteiger partial charge in [0, 0.05) is 0 Å². The van der Waals surface area contributed by atoms with Crippen LogP contribution in [-0.2, 0) is 0 Å². The molecule has 0 aromatic heterocycles. The second-order valence-electron chi connectivity index (χ2n) is 1.12. The van der Waals surface area contributed by atoms with Crippen LogP contribution < -0.4 is 5.73 Å². The molecule has 0 amide bonds. The molecule has 0 fully saturated rings. The number of rotatable bonds is 0. The fourth-order valence-electron chi connectivity index (χ4n) is 0. The van der Waals surface area contributed by atoms with Gasteiger partial charge in [0.15, 0.2) is 0 Å². The highest BCUT2D eigenvalue weighted by atomic mass is 14.4. The van der Waals surface area contributed by atoms with Crippen molar-refractivity contribution in [3.8, 4) is 0 Å². The van der Waals surface area contributed by atoms with Crippen molar-refractivity contribution in [2.45, 2.75) is 27.2 Å². The Kier molecular flexibility index (Phi) is 147. The lowest BCUT2D eigenvalue weighted by Gasteiger charge is -1.48. The zero-order valence-corrected chi connectivity index (χ0v) is 6.57. The monoisotopic (exact) mass is 117 g/mol. The Morgan fingerprint density at radius 2 is 1.38 bits per heavy atom. The maximum Gasteiger partial charge on any atom is -0.0195 e. The second kappa shape index (κ2) is 75.3. The van der Waals surface area contributed by atoms with Crippen molar-refractivity contribution in [3.63, 3.8) is 0 Å². The predicted octanol–water partition coefficient (Wildman–Crippen LogP) is 2.18. The number of hydrogen-bond acceptors (Lipinski definition) is 1. The average molecular weight is 117 g/mol. The van der Waals surface area contributed by atoms with Crippen molar-refractivity contribution in [1.82, 2.24) is 0 Å². The van der Waals surface area contributed by atoms with E-state index in [4.69, 9.17) is 0 Å². The summed E-state index contributed by atoms with van der Waals surface area (Å²) >= 11 is 0. The molecule has 0 aliphatic rings. The molecule has 1 heteroatoms. The molecule has 0 radical (unpaired) electrons. The molecule has 1 nitrogen and oxygen atoms in total. The van der Waals surface area contributed by atoms with Crippen LogP contribution in [0.1, 0.15) is 27.2 Å². The van der Waals surface area contributed by atoms with E-state index in [-0.39, 0.29) is 0 Å². The van der Waals surface area contributed by atoms with Gasteiger partial charge < -0.3 is 5.73 Å². The Hall–Kier alpha value is -0.300. The summed E-state index contributed by atoms with van der Waals surface area (Å²) in [6.07, 6.45) is 3.00. The molecule has 2 N–H and O–H groups in total. The summed E-state index contributed by atoms with van der Waals surface area (Å²) in [4.78, 5) is 0. The van der Waals surface area contributed by atoms with E-state index in [2.05, 4.69) is 26.2 Å². The summed E-state index contributed by atoms with van der Waals surface area (Å²) < 4.78 is 0. The quantitative estimate of drug-likeness (QED) is 0.483. The lowest BCUT2D eigenvalue weighted by molar-refractivity contribution is 1.09. The number of nitrogens with two attached hydrogens (primary N) is 1. The lowest BCUT2D eigenvalue weighted by Crippen LogP contribution is -1.69. The third-order valence-electron chi connectivity index (χ3n) is 0. The van der Waals surface area contributed by atoms with Crippen molar-refractivity contribution in [3.05, 3.63) is 12.7 Å². The molecule has 0 aliphatic carbocycles. The van der Waals surface area contributed by atoms with Gasteiger partial charge in [0.25, 0.3) is 0 Å². The first-order chi connectivity index (χ1) is 3.83. The third-order valence-corrected chi connectivity index (χ3v) is 0. The zero-order chi connectivity index (χ0) is 7.41. The summed E-state index contributed by atoms with van der Waals surface area (Å²) in [7, 11) is 1.50. The van der Waals surface area contributed by atoms with Crippen LogP contribution in [0, 0.1) is 0 Å². The van der Waals surface area contributed by atoms with Crippen molar-refractivity contribution in [2.24, 2.45) is 5.73 Å². The molecule has 0 aromatic rings. The Morgan fingerprint density at radius 3 is 1.38 bits per heavy atom. The minimum atomic E-state index is 1.25. The number of allylic oxidation sites excluding steroid dienone is 1. The Balaban J connectivity index is -0.0000000483. The van der Waals surface area contributed by atoms with Crippen molar-refractivity contribution >= 4 is 0 Å². The molecule has 0 saturated carbocycles. The molecule has 52 valence electrons. The minimum absolute atomic E-state index is 1.25. The molecular weight excluding hydrogens is 98.1 g/mol. The van der Waals surface area contributed by atoms with E-state index in [0.717, 1.165) is 0 Å². The number of hydrogen-bond donors (Lipinski definition) is 1. The molecule has 0 atom stereocenters. The SMILES string of the molecule is C=CC.CCC.CN. The Bertz CT molecular complexity index is 18.3. The van der Waals surface area contributed by atoms with Gasteiger partial charge in [0.2, 0.25) is 0 Å². The lowest BCUT2D eigenvalue weighted by atomic mass is 10.6. The van der Waals surface area contributed by atoms with E-state index in [1.807, 2.05) is 6.92 Å². The predicted molar refractivity (Wildman–Crippen MR) is 41.9 cm³/mol. The van der Waals surface area contributed by atoms with Crippen molar-refractivity contribution < 1.29 is 0 Å². The van der Waals surface area contributed by atoms with Gasteiger partial charge in [0.1, 0.15) is 0 Å². The van der Waals surface area contributed by atoms with Gasteiger partial charge in [-0.1, -0.05) is 26.3 Å². The topological polar surface area (TPSA) is 26.0 Å². The van der Waals surface area contributed by atoms with Crippen molar-refractivity contribution in [1.29, 1.82) is 0 Å². The standard InChI is InChI=1S/C3H8.C3H6.CH5N/c2*1-3-2;1-2/h3H2,1-2H3;3H,1H2,2H3;2H2,1H3. The minimum Gasteiger partial charge on any atom is -0.333 e. The molecule has 8 heavy (non-hydrogen) atoms. The molecule has 0 rings (SSSR count). The van der Waals surface area contributed by atoms with Gasteiger partial charge in [-0.15, -0.1) is 6.58 Å². The van der Waals surface area contributed by atoms with E-state index in [0.29, 0.717) is 0 Å². The van der Waals surface area contributed by atoms with Crippen molar-refractivity contribution in [2.75, 3.05) is 7.05 Å². The summed E-state index contributed by atoms with van der Waals surface area (Å²) in [5.41, 5.74) is 4.50. The largest absolute Gasteiger partial charge is 0.333 e. The van der Waals surface area contributed by atoms with Crippen LogP contribution in [0.3, 0.4) is 0 Å².